The van der Waals surface area contributed by atoms with E-state index in [1.807, 2.05) is 0 Å². The Kier molecular flexibility index (Phi) is 6.07. The summed E-state index contributed by atoms with van der Waals surface area (Å²) in [6.45, 7) is 10.2. The lowest BCUT2D eigenvalue weighted by Crippen LogP contribution is -2.45. The molecule has 5 aromatic rings. The van der Waals surface area contributed by atoms with Crippen LogP contribution in [0.4, 0.5) is 11.4 Å². The second-order valence-electron chi connectivity index (χ2n) is 14.0. The smallest absolute Gasteiger partial charge is 0.135 e. The standard InChI is InChI=1S/C40H43NO/c1-5-30-21-32-24(2)17-27(18-25(32)3)19-26(4)40(30)34-20-29(28-11-7-6-8-12-28)15-16-36(34)41-37-22-33-31-13-9-10-14-38(31)42-39(33)23-35(37)40/h6-16,20,22-27,30,32,41H,5,17-19,21H2,1-4H3. The lowest BCUT2D eigenvalue weighted by atomic mass is 9.54. The zero-order valence-electron chi connectivity index (χ0n) is 25.5. The second kappa shape index (κ2) is 9.76. The second-order valence-corrected chi connectivity index (χ2v) is 14.0. The zero-order valence-corrected chi connectivity index (χ0v) is 25.5. The third-order valence-electron chi connectivity index (χ3n) is 11.8. The van der Waals surface area contributed by atoms with E-state index in [0.717, 1.165) is 34.8 Å². The highest BCUT2D eigenvalue weighted by Crippen LogP contribution is 2.61. The molecule has 1 spiro atoms. The van der Waals surface area contributed by atoms with Gasteiger partial charge < -0.3 is 9.73 Å². The molecule has 1 N–H and O–H groups in total. The Labute approximate surface area is 250 Å². The van der Waals surface area contributed by atoms with Crippen LogP contribution in [0.15, 0.2) is 89.3 Å². The molecule has 2 nitrogen and oxygen atoms in total. The number of anilines is 2. The highest BCUT2D eigenvalue weighted by molar-refractivity contribution is 6.07. The van der Waals surface area contributed by atoms with Crippen LogP contribution in [0.3, 0.4) is 0 Å². The van der Waals surface area contributed by atoms with E-state index < -0.39 is 0 Å². The van der Waals surface area contributed by atoms with Gasteiger partial charge >= 0.3 is 0 Å². The van der Waals surface area contributed by atoms with Gasteiger partial charge in [0.15, 0.2) is 0 Å². The first-order valence-electron chi connectivity index (χ1n) is 16.4. The van der Waals surface area contributed by atoms with Gasteiger partial charge in [0.1, 0.15) is 11.2 Å². The van der Waals surface area contributed by atoms with Gasteiger partial charge in [0.2, 0.25) is 0 Å². The summed E-state index contributed by atoms with van der Waals surface area (Å²) >= 11 is 0. The molecule has 2 heterocycles. The molecule has 3 saturated carbocycles. The summed E-state index contributed by atoms with van der Waals surface area (Å²) in [4.78, 5) is 0. The van der Waals surface area contributed by atoms with Crippen LogP contribution in [0.2, 0.25) is 0 Å². The van der Waals surface area contributed by atoms with E-state index in [1.165, 1.54) is 76.5 Å². The molecule has 0 radical (unpaired) electrons. The van der Waals surface area contributed by atoms with Crippen molar-refractivity contribution in [3.8, 4) is 11.1 Å². The van der Waals surface area contributed by atoms with Crippen molar-refractivity contribution in [2.24, 2.45) is 35.5 Å². The summed E-state index contributed by atoms with van der Waals surface area (Å²) in [5.41, 5.74) is 10.0. The summed E-state index contributed by atoms with van der Waals surface area (Å²) in [7, 11) is 0. The molecule has 5 unspecified atom stereocenters. The largest absolute Gasteiger partial charge is 0.456 e. The average Bonchev–Trinajstić information content (AvgIpc) is 3.39. The third kappa shape index (κ3) is 3.76. The fraction of sp³-hybridized carbons (Fsp3) is 0.400. The molecule has 3 fully saturated rings. The van der Waals surface area contributed by atoms with Crippen LogP contribution < -0.4 is 5.32 Å². The molecule has 42 heavy (non-hydrogen) atoms. The molecule has 9 rings (SSSR count). The quantitative estimate of drug-likeness (QED) is 0.235. The van der Waals surface area contributed by atoms with Crippen molar-refractivity contribution in [2.75, 3.05) is 5.32 Å². The lowest BCUT2D eigenvalue weighted by molar-refractivity contribution is 0.106. The van der Waals surface area contributed by atoms with Crippen LogP contribution >= 0.6 is 0 Å². The monoisotopic (exact) mass is 553 g/mol. The maximum atomic E-state index is 6.58. The zero-order chi connectivity index (χ0) is 28.6. The number of benzene rings is 4. The van der Waals surface area contributed by atoms with Crippen LogP contribution in [0.5, 0.6) is 0 Å². The van der Waals surface area contributed by atoms with Crippen molar-refractivity contribution in [3.05, 3.63) is 96.1 Å². The maximum Gasteiger partial charge on any atom is 0.135 e. The maximum absolute atomic E-state index is 6.58. The van der Waals surface area contributed by atoms with Crippen LogP contribution in [0.25, 0.3) is 33.1 Å². The van der Waals surface area contributed by atoms with Gasteiger partial charge in [-0.15, -0.1) is 0 Å². The van der Waals surface area contributed by atoms with E-state index in [2.05, 4.69) is 118 Å². The number of rotatable bonds is 2. The Morgan fingerprint density at radius 3 is 2.21 bits per heavy atom. The fourth-order valence-corrected chi connectivity index (χ4v) is 10.1. The van der Waals surface area contributed by atoms with E-state index in [9.17, 15) is 0 Å². The highest BCUT2D eigenvalue weighted by Gasteiger charge is 2.53. The Hall–Kier alpha value is -3.52. The number of hydrogen-bond donors (Lipinski definition) is 1. The molecule has 2 heteroatoms. The molecule has 1 aromatic heterocycles. The number of nitrogens with one attached hydrogen (secondary N) is 1. The summed E-state index contributed by atoms with van der Waals surface area (Å²) in [5.74, 6) is 4.22. The van der Waals surface area contributed by atoms with Crippen LogP contribution in [-0.4, -0.2) is 0 Å². The van der Waals surface area contributed by atoms with Gasteiger partial charge in [-0.2, -0.15) is 0 Å². The molecule has 0 amide bonds. The van der Waals surface area contributed by atoms with Gasteiger partial charge in [0.05, 0.1) is 0 Å². The van der Waals surface area contributed by atoms with E-state index in [0.29, 0.717) is 11.8 Å². The van der Waals surface area contributed by atoms with Crippen molar-refractivity contribution < 1.29 is 4.42 Å². The summed E-state index contributed by atoms with van der Waals surface area (Å²) in [5, 5.41) is 6.38. The molecule has 4 aliphatic rings. The number of furan rings is 1. The first-order chi connectivity index (χ1) is 20.5. The Balaban J connectivity index is 1.43. The van der Waals surface area contributed by atoms with Gasteiger partial charge in [-0.3, -0.25) is 0 Å². The van der Waals surface area contributed by atoms with Crippen LogP contribution in [0, 0.1) is 35.5 Å². The van der Waals surface area contributed by atoms with Crippen molar-refractivity contribution in [1.29, 1.82) is 0 Å². The molecule has 3 aliphatic carbocycles. The molecular formula is C40H43NO. The van der Waals surface area contributed by atoms with Crippen molar-refractivity contribution in [2.45, 2.75) is 65.2 Å². The normalized spacial score (nSPS) is 30.4. The highest BCUT2D eigenvalue weighted by atomic mass is 16.3. The van der Waals surface area contributed by atoms with Gasteiger partial charge in [-0.05, 0) is 114 Å². The molecular weight excluding hydrogens is 510 g/mol. The molecule has 1 aliphatic heterocycles. The molecule has 4 aromatic carbocycles. The van der Waals surface area contributed by atoms with E-state index in [-0.39, 0.29) is 5.41 Å². The lowest BCUT2D eigenvalue weighted by Gasteiger charge is -2.51. The minimum Gasteiger partial charge on any atom is -0.456 e. The Morgan fingerprint density at radius 2 is 1.43 bits per heavy atom. The molecule has 214 valence electrons. The first kappa shape index (κ1) is 26.1. The Bertz CT molecular complexity index is 1770. The van der Waals surface area contributed by atoms with E-state index in [1.54, 1.807) is 0 Å². The Morgan fingerprint density at radius 1 is 0.690 bits per heavy atom. The van der Waals surface area contributed by atoms with Crippen molar-refractivity contribution in [1.82, 2.24) is 0 Å². The van der Waals surface area contributed by atoms with Gasteiger partial charge in [-0.25, -0.2) is 0 Å². The summed E-state index contributed by atoms with van der Waals surface area (Å²) < 4.78 is 6.58. The topological polar surface area (TPSA) is 25.2 Å². The summed E-state index contributed by atoms with van der Waals surface area (Å²) in [6.07, 6.45) is 6.53. The number of para-hydroxylation sites is 1. The predicted molar refractivity (Wildman–Crippen MR) is 176 cm³/mol. The fourth-order valence-electron chi connectivity index (χ4n) is 10.1. The molecule has 0 saturated heterocycles. The molecule has 2 bridgehead atoms. The molecule has 5 atom stereocenters. The first-order valence-corrected chi connectivity index (χ1v) is 16.4. The predicted octanol–water partition coefficient (Wildman–Crippen LogP) is 11.4. The van der Waals surface area contributed by atoms with E-state index in [4.69, 9.17) is 4.42 Å². The number of fused-ring (bicyclic) bond motifs is 9. The van der Waals surface area contributed by atoms with Gasteiger partial charge in [0, 0.05) is 27.6 Å². The average molecular weight is 554 g/mol. The van der Waals surface area contributed by atoms with Crippen molar-refractivity contribution in [3.63, 3.8) is 0 Å². The van der Waals surface area contributed by atoms with E-state index >= 15 is 0 Å². The summed E-state index contributed by atoms with van der Waals surface area (Å²) in [6, 6.07) is 31.5. The van der Waals surface area contributed by atoms with Gasteiger partial charge in [-0.1, -0.05) is 88.7 Å². The van der Waals surface area contributed by atoms with Crippen LogP contribution in [0.1, 0.15) is 70.9 Å². The van der Waals surface area contributed by atoms with Crippen molar-refractivity contribution >= 4 is 33.3 Å². The van der Waals surface area contributed by atoms with Crippen LogP contribution in [-0.2, 0) is 5.41 Å². The minimum atomic E-state index is -0.0900. The minimum absolute atomic E-state index is 0.0900. The third-order valence-corrected chi connectivity index (χ3v) is 11.8. The SMILES string of the molecule is CCC1CC2C(C)CC(CC2C)CC(C)C12c1cc(-c3ccccc3)ccc1Nc1cc3c(cc12)oc1ccccc13. The number of hydrogen-bond acceptors (Lipinski definition) is 2. The van der Waals surface area contributed by atoms with Gasteiger partial charge in [0.25, 0.3) is 0 Å².